The van der Waals surface area contributed by atoms with Gasteiger partial charge in [0.2, 0.25) is 5.91 Å². The number of amides is 1. The predicted octanol–water partition coefficient (Wildman–Crippen LogP) is 1.48. The van der Waals surface area contributed by atoms with Gasteiger partial charge in [-0.25, -0.2) is 0 Å². The quantitative estimate of drug-likeness (QED) is 0.914. The zero-order valence-electron chi connectivity index (χ0n) is 11.2. The first-order valence-electron chi connectivity index (χ1n) is 6.41. The van der Waals surface area contributed by atoms with Crippen molar-refractivity contribution in [2.45, 2.75) is 12.8 Å². The van der Waals surface area contributed by atoms with Crippen molar-refractivity contribution in [3.05, 3.63) is 29.8 Å². The Kier molecular flexibility index (Phi) is 6.67. The molecule has 0 aromatic heterocycles. The van der Waals surface area contributed by atoms with Gasteiger partial charge in [0.25, 0.3) is 0 Å². The molecule has 0 aliphatic carbocycles. The van der Waals surface area contributed by atoms with E-state index in [0.717, 1.165) is 43.9 Å². The molecule has 5 heteroatoms. The Morgan fingerprint density at radius 1 is 1.26 bits per heavy atom. The highest BCUT2D eigenvalue weighted by molar-refractivity contribution is 5.85. The lowest BCUT2D eigenvalue weighted by Gasteiger charge is -2.19. The number of benzene rings is 1. The van der Waals surface area contributed by atoms with Crippen molar-refractivity contribution in [3.63, 3.8) is 0 Å². The number of ether oxygens (including phenoxy) is 1. The van der Waals surface area contributed by atoms with Crippen molar-refractivity contribution < 1.29 is 9.53 Å². The van der Waals surface area contributed by atoms with Gasteiger partial charge in [-0.1, -0.05) is 12.1 Å². The van der Waals surface area contributed by atoms with Gasteiger partial charge in [-0.15, -0.1) is 12.4 Å². The summed E-state index contributed by atoms with van der Waals surface area (Å²) in [6, 6.07) is 7.69. The fourth-order valence-electron chi connectivity index (χ4n) is 2.12. The van der Waals surface area contributed by atoms with Crippen LogP contribution >= 0.6 is 12.4 Å². The fourth-order valence-corrected chi connectivity index (χ4v) is 2.12. The number of carbonyl (C=O) groups is 1. The number of hydrogen-bond donors (Lipinski definition) is 1. The number of nitrogens with one attached hydrogen (secondary N) is 1. The van der Waals surface area contributed by atoms with Gasteiger partial charge in [-0.2, -0.15) is 0 Å². The van der Waals surface area contributed by atoms with E-state index in [0.29, 0.717) is 6.42 Å². The Labute approximate surface area is 120 Å². The fraction of sp³-hybridized carbons (Fsp3) is 0.500. The first-order chi connectivity index (χ1) is 8.79. The van der Waals surface area contributed by atoms with Crippen molar-refractivity contribution >= 4 is 18.3 Å². The first kappa shape index (κ1) is 15.8. The van der Waals surface area contributed by atoms with Crippen LogP contribution in [0, 0.1) is 0 Å². The lowest BCUT2D eigenvalue weighted by atomic mass is 10.1. The van der Waals surface area contributed by atoms with E-state index in [2.05, 4.69) is 5.32 Å². The zero-order valence-corrected chi connectivity index (χ0v) is 12.0. The topological polar surface area (TPSA) is 41.6 Å². The third-order valence-electron chi connectivity index (χ3n) is 3.21. The summed E-state index contributed by atoms with van der Waals surface area (Å²) in [4.78, 5) is 14.1. The molecule has 1 aromatic rings. The van der Waals surface area contributed by atoms with Gasteiger partial charge in [-0.3, -0.25) is 4.79 Å². The van der Waals surface area contributed by atoms with Gasteiger partial charge in [0.15, 0.2) is 0 Å². The molecule has 1 amide bonds. The van der Waals surface area contributed by atoms with Crippen LogP contribution in [0.25, 0.3) is 0 Å². The largest absolute Gasteiger partial charge is 0.497 e. The van der Waals surface area contributed by atoms with Gasteiger partial charge in [0.05, 0.1) is 13.5 Å². The minimum Gasteiger partial charge on any atom is -0.497 e. The molecule has 19 heavy (non-hydrogen) atoms. The Bertz CT molecular complexity index is 387. The summed E-state index contributed by atoms with van der Waals surface area (Å²) < 4.78 is 5.10. The molecular weight excluding hydrogens is 264 g/mol. The molecule has 0 radical (unpaired) electrons. The minimum absolute atomic E-state index is 0. The number of carbonyl (C=O) groups excluding carboxylic acids is 1. The maximum Gasteiger partial charge on any atom is 0.227 e. The number of rotatable bonds is 3. The highest BCUT2D eigenvalue weighted by atomic mass is 35.5. The maximum absolute atomic E-state index is 12.1. The summed E-state index contributed by atoms with van der Waals surface area (Å²) in [6.07, 6.45) is 1.51. The van der Waals surface area contributed by atoms with Gasteiger partial charge >= 0.3 is 0 Å². The molecule has 1 aromatic carbocycles. The maximum atomic E-state index is 12.1. The van der Waals surface area contributed by atoms with Crippen molar-refractivity contribution in [1.29, 1.82) is 0 Å². The van der Waals surface area contributed by atoms with Crippen LogP contribution in [-0.4, -0.2) is 44.1 Å². The second kappa shape index (κ2) is 8.02. The third kappa shape index (κ3) is 4.73. The van der Waals surface area contributed by atoms with Crippen LogP contribution in [0.1, 0.15) is 12.0 Å². The smallest absolute Gasteiger partial charge is 0.227 e. The van der Waals surface area contributed by atoms with Gasteiger partial charge in [-0.05, 0) is 30.7 Å². The van der Waals surface area contributed by atoms with Gasteiger partial charge < -0.3 is 15.0 Å². The summed E-state index contributed by atoms with van der Waals surface area (Å²) in [7, 11) is 1.64. The zero-order chi connectivity index (χ0) is 12.8. The highest BCUT2D eigenvalue weighted by Crippen LogP contribution is 2.12. The van der Waals surface area contributed by atoms with Crippen LogP contribution in [0.5, 0.6) is 5.75 Å². The van der Waals surface area contributed by atoms with E-state index >= 15 is 0 Å². The average molecular weight is 285 g/mol. The minimum atomic E-state index is 0. The summed E-state index contributed by atoms with van der Waals surface area (Å²) in [5.74, 6) is 1.04. The molecule has 0 unspecified atom stereocenters. The molecule has 1 aliphatic heterocycles. The molecule has 1 saturated heterocycles. The Morgan fingerprint density at radius 3 is 2.68 bits per heavy atom. The molecule has 0 saturated carbocycles. The summed E-state index contributed by atoms with van der Waals surface area (Å²) in [5.41, 5.74) is 1.04. The Morgan fingerprint density at radius 2 is 2.00 bits per heavy atom. The van der Waals surface area contributed by atoms with Crippen molar-refractivity contribution in [2.24, 2.45) is 0 Å². The van der Waals surface area contributed by atoms with E-state index in [1.54, 1.807) is 7.11 Å². The van der Waals surface area contributed by atoms with E-state index < -0.39 is 0 Å². The molecule has 4 nitrogen and oxygen atoms in total. The molecule has 0 bridgehead atoms. The predicted molar refractivity (Wildman–Crippen MR) is 78.0 cm³/mol. The van der Waals surface area contributed by atoms with Crippen LogP contribution in [0.2, 0.25) is 0 Å². The Balaban J connectivity index is 0.00000180. The van der Waals surface area contributed by atoms with E-state index in [1.807, 2.05) is 29.2 Å². The molecule has 1 fully saturated rings. The number of hydrogen-bond acceptors (Lipinski definition) is 3. The van der Waals surface area contributed by atoms with Gasteiger partial charge in [0, 0.05) is 19.6 Å². The van der Waals surface area contributed by atoms with Crippen molar-refractivity contribution in [3.8, 4) is 5.75 Å². The highest BCUT2D eigenvalue weighted by Gasteiger charge is 2.15. The normalized spacial score (nSPS) is 15.3. The summed E-state index contributed by atoms with van der Waals surface area (Å²) in [5, 5.41) is 3.30. The van der Waals surface area contributed by atoms with Crippen LogP contribution in [0.3, 0.4) is 0 Å². The van der Waals surface area contributed by atoms with Crippen molar-refractivity contribution in [2.75, 3.05) is 33.3 Å². The second-order valence-corrected chi connectivity index (χ2v) is 4.51. The lowest BCUT2D eigenvalue weighted by molar-refractivity contribution is -0.130. The van der Waals surface area contributed by atoms with Gasteiger partial charge in [0.1, 0.15) is 5.75 Å². The molecular formula is C14H21ClN2O2. The number of nitrogens with zero attached hydrogens (tertiary/aromatic N) is 1. The van der Waals surface area contributed by atoms with Crippen molar-refractivity contribution in [1.82, 2.24) is 10.2 Å². The standard InChI is InChI=1S/C14H20N2O2.ClH/c1-18-13-5-3-12(4-6-13)11-14(17)16-9-2-7-15-8-10-16;/h3-6,15H,2,7-11H2,1H3;1H. The average Bonchev–Trinajstić information content (AvgIpc) is 2.68. The molecule has 0 spiro atoms. The lowest BCUT2D eigenvalue weighted by Crippen LogP contribution is -2.35. The molecule has 1 heterocycles. The summed E-state index contributed by atoms with van der Waals surface area (Å²) in [6.45, 7) is 3.58. The van der Waals surface area contributed by atoms with Crippen LogP contribution < -0.4 is 10.1 Å². The molecule has 1 aliphatic rings. The Hall–Kier alpha value is -1.26. The van der Waals surface area contributed by atoms with Crippen LogP contribution in [0.4, 0.5) is 0 Å². The monoisotopic (exact) mass is 284 g/mol. The number of methoxy groups -OCH3 is 1. The molecule has 1 N–H and O–H groups in total. The third-order valence-corrected chi connectivity index (χ3v) is 3.21. The molecule has 2 rings (SSSR count). The first-order valence-corrected chi connectivity index (χ1v) is 6.41. The van der Waals surface area contributed by atoms with E-state index in [1.165, 1.54) is 0 Å². The summed E-state index contributed by atoms with van der Waals surface area (Å²) >= 11 is 0. The molecule has 0 atom stereocenters. The second-order valence-electron chi connectivity index (χ2n) is 4.51. The number of halogens is 1. The van der Waals surface area contributed by atoms with E-state index in [4.69, 9.17) is 4.74 Å². The van der Waals surface area contributed by atoms with E-state index in [-0.39, 0.29) is 18.3 Å². The van der Waals surface area contributed by atoms with Crippen LogP contribution in [0.15, 0.2) is 24.3 Å². The molecule has 106 valence electrons. The SMILES string of the molecule is COc1ccc(CC(=O)N2CCCNCC2)cc1.Cl. The van der Waals surface area contributed by atoms with Crippen LogP contribution in [-0.2, 0) is 11.2 Å². The van der Waals surface area contributed by atoms with E-state index in [9.17, 15) is 4.79 Å².